The Morgan fingerprint density at radius 1 is 1.06 bits per heavy atom. The molecule has 190 valence electrons. The van der Waals surface area contributed by atoms with Crippen LogP contribution < -0.4 is 5.32 Å². The van der Waals surface area contributed by atoms with Crippen LogP contribution in [0.5, 0.6) is 0 Å². The molecule has 1 N–H and O–H groups in total. The third-order valence-corrected chi connectivity index (χ3v) is 5.73. The highest BCUT2D eigenvalue weighted by atomic mass is 79.9. The predicted molar refractivity (Wildman–Crippen MR) is 120 cm³/mol. The maximum Gasteiger partial charge on any atom is 0.405 e. The summed E-state index contributed by atoms with van der Waals surface area (Å²) in [6.45, 7) is 1.16. The first-order chi connectivity index (χ1) is 16.1. The molecule has 11 heteroatoms. The maximum atomic E-state index is 13.6. The first kappa shape index (κ1) is 28.5. The zero-order chi connectivity index (χ0) is 26.6. The van der Waals surface area contributed by atoms with Crippen LogP contribution in [0, 0.1) is 18.7 Å². The Morgan fingerprint density at radius 2 is 1.71 bits per heavy atom. The van der Waals surface area contributed by atoms with Gasteiger partial charge in [0.2, 0.25) is 5.91 Å². The van der Waals surface area contributed by atoms with E-state index < -0.39 is 48.2 Å². The number of halogens is 8. The van der Waals surface area contributed by atoms with Crippen molar-refractivity contribution >= 4 is 33.7 Å². The largest absolute Gasteiger partial charge is 0.405 e. The van der Waals surface area contributed by atoms with Crippen molar-refractivity contribution in [3.63, 3.8) is 0 Å². The smallest absolute Gasteiger partial charge is 0.347 e. The number of nitrogens with one attached hydrogen (secondary N) is 1. The average Bonchev–Trinajstić information content (AvgIpc) is 2.73. The molecule has 0 bridgehead atoms. The number of amides is 1. The van der Waals surface area contributed by atoms with Crippen molar-refractivity contribution in [2.45, 2.75) is 38.5 Å². The number of allylic oxidation sites excluding steroid dienone is 1. The van der Waals surface area contributed by atoms with Gasteiger partial charge in [0.05, 0.1) is 5.92 Å². The van der Waals surface area contributed by atoms with Gasteiger partial charge in [0.1, 0.15) is 12.4 Å². The van der Waals surface area contributed by atoms with Crippen molar-refractivity contribution in [2.24, 2.45) is 5.92 Å². The van der Waals surface area contributed by atoms with Gasteiger partial charge in [0.25, 0.3) is 0 Å². The minimum Gasteiger partial charge on any atom is -0.347 e. The molecule has 0 spiro atoms. The van der Waals surface area contributed by atoms with Crippen LogP contribution in [0.3, 0.4) is 0 Å². The van der Waals surface area contributed by atoms with Crippen molar-refractivity contribution < 1.29 is 40.3 Å². The van der Waals surface area contributed by atoms with E-state index in [2.05, 4.69) is 15.9 Å². The van der Waals surface area contributed by atoms with Crippen molar-refractivity contribution in [3.05, 3.63) is 75.0 Å². The highest BCUT2D eigenvalue weighted by Crippen LogP contribution is 2.37. The molecular weight excluding hydrogens is 547 g/mol. The van der Waals surface area contributed by atoms with Gasteiger partial charge in [-0.15, -0.1) is 0 Å². The van der Waals surface area contributed by atoms with Gasteiger partial charge in [0.15, 0.2) is 5.78 Å². The summed E-state index contributed by atoms with van der Waals surface area (Å²) in [7, 11) is 0. The summed E-state index contributed by atoms with van der Waals surface area (Å²) in [4.78, 5) is 24.3. The first-order valence-electron chi connectivity index (χ1n) is 10.3. The van der Waals surface area contributed by atoms with E-state index in [0.29, 0.717) is 5.56 Å². The van der Waals surface area contributed by atoms with Gasteiger partial charge in [-0.2, -0.15) is 26.3 Å². The first-order valence-corrected chi connectivity index (χ1v) is 11.1. The van der Waals surface area contributed by atoms with Crippen molar-refractivity contribution in [2.75, 3.05) is 6.54 Å². The quantitative estimate of drug-likeness (QED) is 0.272. The summed E-state index contributed by atoms with van der Waals surface area (Å²) in [6.07, 6.45) is -7.44. The number of carbonyl (C=O) groups is 2. The van der Waals surface area contributed by atoms with Crippen LogP contribution in [0.4, 0.5) is 30.7 Å². The molecule has 0 saturated heterocycles. The van der Waals surface area contributed by atoms with Gasteiger partial charge in [-0.05, 0) is 41.8 Å². The third kappa shape index (κ3) is 8.48. The van der Waals surface area contributed by atoms with E-state index in [1.54, 1.807) is 5.32 Å². The maximum absolute atomic E-state index is 13.6. The van der Waals surface area contributed by atoms with E-state index in [0.717, 1.165) is 24.3 Å². The van der Waals surface area contributed by atoms with E-state index >= 15 is 0 Å². The number of aryl methyl sites for hydroxylation is 1. The summed E-state index contributed by atoms with van der Waals surface area (Å²) >= 11 is 3.17. The standard InChI is InChI=1S/C24H21BrF7NO2/c1-13-9-16(5-8-20(13)26)18(24(30,31)32)7-4-15-3-6-17(19(25)11-15)21(34)10-14(2)22(35)33-12-23(27,28)29/h3-9,11,14,18H,10,12H2,1-2H3,(H,33,35)/b7-4+/t14-,18?/m0/s1. The highest BCUT2D eigenvalue weighted by Gasteiger charge is 2.39. The Kier molecular flexibility index (Phi) is 9.27. The molecule has 0 saturated carbocycles. The van der Waals surface area contributed by atoms with E-state index in [4.69, 9.17) is 0 Å². The van der Waals surface area contributed by atoms with Gasteiger partial charge in [-0.25, -0.2) is 4.39 Å². The number of hydrogen-bond acceptors (Lipinski definition) is 2. The molecule has 0 radical (unpaired) electrons. The summed E-state index contributed by atoms with van der Waals surface area (Å²) in [5.74, 6) is -5.09. The van der Waals surface area contributed by atoms with Crippen molar-refractivity contribution in [3.8, 4) is 0 Å². The lowest BCUT2D eigenvalue weighted by Gasteiger charge is -2.18. The van der Waals surface area contributed by atoms with Crippen LogP contribution in [-0.2, 0) is 4.79 Å². The summed E-state index contributed by atoms with van der Waals surface area (Å²) < 4.78 is 91.2. The molecule has 2 aromatic carbocycles. The Labute approximate surface area is 205 Å². The molecule has 0 fully saturated rings. The van der Waals surface area contributed by atoms with Gasteiger partial charge in [-0.1, -0.05) is 53.2 Å². The molecule has 0 heterocycles. The van der Waals surface area contributed by atoms with Gasteiger partial charge in [-0.3, -0.25) is 9.59 Å². The number of alkyl halides is 6. The predicted octanol–water partition coefficient (Wildman–Crippen LogP) is 7.14. The average molecular weight is 568 g/mol. The lowest BCUT2D eigenvalue weighted by Crippen LogP contribution is -2.37. The highest BCUT2D eigenvalue weighted by molar-refractivity contribution is 9.10. The molecule has 2 atom stereocenters. The summed E-state index contributed by atoms with van der Waals surface area (Å²) in [5, 5.41) is 1.71. The number of rotatable bonds is 8. The molecular formula is C24H21BrF7NO2. The molecule has 1 unspecified atom stereocenters. The SMILES string of the molecule is Cc1cc(C(/C=C/c2ccc(C(=O)C[C@H](C)C(=O)NCC(F)(F)F)c(Br)c2)C(F)(F)F)ccc1F. The van der Waals surface area contributed by atoms with Crippen LogP contribution >= 0.6 is 15.9 Å². The minimum atomic E-state index is -4.63. The van der Waals surface area contributed by atoms with E-state index in [-0.39, 0.29) is 27.6 Å². The van der Waals surface area contributed by atoms with E-state index in [1.165, 1.54) is 38.1 Å². The molecule has 35 heavy (non-hydrogen) atoms. The fourth-order valence-electron chi connectivity index (χ4n) is 3.18. The normalized spacial score (nSPS) is 14.1. The van der Waals surface area contributed by atoms with E-state index in [9.17, 15) is 40.3 Å². The van der Waals surface area contributed by atoms with Crippen molar-refractivity contribution in [1.82, 2.24) is 5.32 Å². The molecule has 2 aromatic rings. The molecule has 0 aromatic heterocycles. The van der Waals surface area contributed by atoms with Crippen LogP contribution in [-0.4, -0.2) is 30.6 Å². The Bertz CT molecular complexity index is 1110. The zero-order valence-corrected chi connectivity index (χ0v) is 20.1. The fourth-order valence-corrected chi connectivity index (χ4v) is 3.80. The zero-order valence-electron chi connectivity index (χ0n) is 18.5. The monoisotopic (exact) mass is 567 g/mol. The molecule has 3 nitrogen and oxygen atoms in total. The number of ketones is 1. The second-order valence-electron chi connectivity index (χ2n) is 7.99. The number of hydrogen-bond donors (Lipinski definition) is 1. The fraction of sp³-hybridized carbons (Fsp3) is 0.333. The Morgan fingerprint density at radius 3 is 2.26 bits per heavy atom. The summed E-state index contributed by atoms with van der Waals surface area (Å²) in [5.41, 5.74) is 0.407. The Hall–Kier alpha value is -2.69. The van der Waals surface area contributed by atoms with Crippen LogP contribution in [0.1, 0.15) is 46.3 Å². The number of Topliss-reactive ketones (excluding diaryl/α,β-unsaturated/α-hetero) is 1. The van der Waals surface area contributed by atoms with Crippen molar-refractivity contribution in [1.29, 1.82) is 0 Å². The molecule has 2 rings (SSSR count). The Balaban J connectivity index is 2.16. The lowest BCUT2D eigenvalue weighted by atomic mass is 9.95. The molecule has 0 aliphatic carbocycles. The lowest BCUT2D eigenvalue weighted by molar-refractivity contribution is -0.140. The van der Waals surface area contributed by atoms with E-state index in [1.807, 2.05) is 0 Å². The molecule has 0 aliphatic rings. The second-order valence-corrected chi connectivity index (χ2v) is 8.84. The second kappa shape index (κ2) is 11.4. The summed E-state index contributed by atoms with van der Waals surface area (Å²) in [6, 6.07) is 7.31. The third-order valence-electron chi connectivity index (χ3n) is 5.07. The number of carbonyl (C=O) groups excluding carboxylic acids is 2. The topological polar surface area (TPSA) is 46.2 Å². The molecule has 0 aliphatic heterocycles. The van der Waals surface area contributed by atoms with Gasteiger partial charge >= 0.3 is 12.4 Å². The molecule has 1 amide bonds. The van der Waals surface area contributed by atoms with Gasteiger partial charge < -0.3 is 5.32 Å². The minimum absolute atomic E-state index is 0.0806. The van der Waals surface area contributed by atoms with Crippen LogP contribution in [0.15, 0.2) is 46.9 Å². The van der Waals surface area contributed by atoms with Crippen LogP contribution in [0.25, 0.3) is 6.08 Å². The number of benzene rings is 2. The van der Waals surface area contributed by atoms with Gasteiger partial charge in [0, 0.05) is 22.4 Å². The van der Waals surface area contributed by atoms with Crippen LogP contribution in [0.2, 0.25) is 0 Å².